The molecule has 1 atom stereocenters. The Labute approximate surface area is 192 Å². The number of piperidine rings is 1. The molecule has 2 fully saturated rings. The standard InChI is InChI=1S/C25H29N3O3S/c1-17-2-8-22(24(29)26-17)28-15-20-21(25(28)30)16-32-23(20)9-7-18-3-5-19(6-4-18)14-27-10-12-31-13-11-27/h3-6,16,22H,1-2,7-15H2,(H,26,29)/t22-/m0/s1. The van der Waals surface area contributed by atoms with Gasteiger partial charge in [0.15, 0.2) is 0 Å². The van der Waals surface area contributed by atoms with E-state index in [9.17, 15) is 9.59 Å². The van der Waals surface area contributed by atoms with Crippen LogP contribution in [0.1, 0.15) is 44.8 Å². The van der Waals surface area contributed by atoms with Gasteiger partial charge in [-0.15, -0.1) is 11.3 Å². The minimum absolute atomic E-state index is 0.0115. The van der Waals surface area contributed by atoms with Gasteiger partial charge >= 0.3 is 0 Å². The average molecular weight is 452 g/mol. The van der Waals surface area contributed by atoms with Gasteiger partial charge in [-0.05, 0) is 42.4 Å². The molecule has 5 rings (SSSR count). The third-order valence-corrected chi connectivity index (χ3v) is 7.76. The molecular weight excluding hydrogens is 422 g/mol. The monoisotopic (exact) mass is 451 g/mol. The largest absolute Gasteiger partial charge is 0.379 e. The molecule has 0 unspecified atom stereocenters. The molecular formula is C25H29N3O3S. The summed E-state index contributed by atoms with van der Waals surface area (Å²) in [7, 11) is 0. The summed E-state index contributed by atoms with van der Waals surface area (Å²) in [5.74, 6) is -0.121. The van der Waals surface area contributed by atoms with Gasteiger partial charge in [-0.25, -0.2) is 0 Å². The minimum Gasteiger partial charge on any atom is -0.379 e. The van der Waals surface area contributed by atoms with E-state index in [0.29, 0.717) is 13.0 Å². The Kier molecular flexibility index (Phi) is 6.13. The molecule has 3 aliphatic rings. The van der Waals surface area contributed by atoms with Gasteiger partial charge < -0.3 is 15.0 Å². The molecule has 2 saturated heterocycles. The second kappa shape index (κ2) is 9.17. The zero-order chi connectivity index (χ0) is 22.1. The van der Waals surface area contributed by atoms with Gasteiger partial charge in [0.05, 0.1) is 18.8 Å². The molecule has 1 aromatic heterocycles. The van der Waals surface area contributed by atoms with Crippen molar-refractivity contribution in [1.29, 1.82) is 0 Å². The number of nitrogens with zero attached hydrogens (tertiary/aromatic N) is 2. The number of nitrogens with one attached hydrogen (secondary N) is 1. The molecule has 2 amide bonds. The number of morpholine rings is 1. The molecule has 4 heterocycles. The lowest BCUT2D eigenvalue weighted by Crippen LogP contribution is -2.49. The van der Waals surface area contributed by atoms with Crippen LogP contribution in [0.2, 0.25) is 0 Å². The van der Waals surface area contributed by atoms with Gasteiger partial charge in [0.25, 0.3) is 5.91 Å². The quantitative estimate of drug-likeness (QED) is 0.733. The number of hydrogen-bond donors (Lipinski definition) is 1. The molecule has 6 nitrogen and oxygen atoms in total. The number of ether oxygens (including phenoxy) is 1. The second-order valence-corrected chi connectivity index (χ2v) is 9.80. The highest BCUT2D eigenvalue weighted by molar-refractivity contribution is 7.10. The van der Waals surface area contributed by atoms with Crippen molar-refractivity contribution in [1.82, 2.24) is 15.1 Å². The molecule has 1 N–H and O–H groups in total. The maximum absolute atomic E-state index is 12.9. The molecule has 168 valence electrons. The maximum atomic E-state index is 12.9. The van der Waals surface area contributed by atoms with Crippen LogP contribution in [0.25, 0.3) is 0 Å². The van der Waals surface area contributed by atoms with Crippen LogP contribution in [0.3, 0.4) is 0 Å². The molecule has 7 heteroatoms. The third-order valence-electron chi connectivity index (χ3n) is 6.67. The molecule has 3 aliphatic heterocycles. The summed E-state index contributed by atoms with van der Waals surface area (Å²) in [6.45, 7) is 8.99. The molecule has 0 radical (unpaired) electrons. The van der Waals surface area contributed by atoms with Crippen LogP contribution in [-0.2, 0) is 35.5 Å². The van der Waals surface area contributed by atoms with E-state index in [0.717, 1.165) is 68.9 Å². The van der Waals surface area contributed by atoms with E-state index >= 15 is 0 Å². The van der Waals surface area contributed by atoms with E-state index in [1.807, 2.05) is 5.38 Å². The minimum atomic E-state index is -0.391. The summed E-state index contributed by atoms with van der Waals surface area (Å²) in [4.78, 5) is 30.7. The number of allylic oxidation sites excluding steroid dienone is 1. The van der Waals surface area contributed by atoms with Crippen LogP contribution < -0.4 is 5.32 Å². The fourth-order valence-electron chi connectivity index (χ4n) is 4.78. The maximum Gasteiger partial charge on any atom is 0.256 e. The zero-order valence-corrected chi connectivity index (χ0v) is 19.1. The van der Waals surface area contributed by atoms with Crippen LogP contribution in [-0.4, -0.2) is 54.0 Å². The molecule has 0 bridgehead atoms. The van der Waals surface area contributed by atoms with E-state index in [2.05, 4.69) is 41.1 Å². The summed E-state index contributed by atoms with van der Waals surface area (Å²) >= 11 is 1.67. The van der Waals surface area contributed by atoms with Crippen LogP contribution in [0, 0.1) is 0 Å². The molecule has 2 aromatic rings. The Morgan fingerprint density at radius 1 is 1.09 bits per heavy atom. The number of amides is 2. The normalized spacial score (nSPS) is 21.7. The number of fused-ring (bicyclic) bond motifs is 1. The number of hydrogen-bond acceptors (Lipinski definition) is 5. The van der Waals surface area contributed by atoms with E-state index in [1.54, 1.807) is 16.2 Å². The number of aryl methyl sites for hydroxylation is 2. The first kappa shape index (κ1) is 21.4. The lowest BCUT2D eigenvalue weighted by atomic mass is 10.0. The summed E-state index contributed by atoms with van der Waals surface area (Å²) in [6, 6.07) is 8.51. The lowest BCUT2D eigenvalue weighted by Gasteiger charge is -2.31. The van der Waals surface area contributed by atoms with E-state index in [4.69, 9.17) is 4.74 Å². The van der Waals surface area contributed by atoms with Crippen molar-refractivity contribution in [2.75, 3.05) is 26.3 Å². The van der Waals surface area contributed by atoms with Gasteiger partial charge in [0.1, 0.15) is 6.04 Å². The van der Waals surface area contributed by atoms with Crippen LogP contribution >= 0.6 is 11.3 Å². The Bertz CT molecular complexity index is 1020. The molecule has 0 saturated carbocycles. The first-order chi connectivity index (χ1) is 15.6. The highest BCUT2D eigenvalue weighted by Gasteiger charge is 2.39. The van der Waals surface area contributed by atoms with Gasteiger partial charge in [0, 0.05) is 42.1 Å². The Morgan fingerprint density at radius 3 is 2.59 bits per heavy atom. The van der Waals surface area contributed by atoms with Gasteiger partial charge in [-0.3, -0.25) is 14.5 Å². The fourth-order valence-corrected chi connectivity index (χ4v) is 5.82. The van der Waals surface area contributed by atoms with E-state index in [-0.39, 0.29) is 11.8 Å². The highest BCUT2D eigenvalue weighted by Crippen LogP contribution is 2.34. The van der Waals surface area contributed by atoms with E-state index < -0.39 is 6.04 Å². The Morgan fingerprint density at radius 2 is 1.84 bits per heavy atom. The van der Waals surface area contributed by atoms with Crippen molar-refractivity contribution in [2.24, 2.45) is 0 Å². The Hall–Kier alpha value is -2.48. The van der Waals surface area contributed by atoms with Crippen molar-refractivity contribution < 1.29 is 14.3 Å². The van der Waals surface area contributed by atoms with Crippen molar-refractivity contribution in [3.05, 3.63) is 69.1 Å². The van der Waals surface area contributed by atoms with Gasteiger partial charge in [-0.2, -0.15) is 0 Å². The molecule has 1 aromatic carbocycles. The van der Waals surface area contributed by atoms with Crippen LogP contribution in [0.4, 0.5) is 0 Å². The Balaban J connectivity index is 1.19. The number of carbonyl (C=O) groups is 2. The third kappa shape index (κ3) is 4.37. The summed E-state index contributed by atoms with van der Waals surface area (Å²) in [6.07, 6.45) is 3.23. The predicted molar refractivity (Wildman–Crippen MR) is 124 cm³/mol. The zero-order valence-electron chi connectivity index (χ0n) is 18.3. The summed E-state index contributed by atoms with van der Waals surface area (Å²) in [5.41, 5.74) is 5.28. The second-order valence-electron chi connectivity index (χ2n) is 8.84. The molecule has 0 spiro atoms. The predicted octanol–water partition coefficient (Wildman–Crippen LogP) is 3.11. The lowest BCUT2D eigenvalue weighted by molar-refractivity contribution is -0.126. The van der Waals surface area contributed by atoms with Crippen LogP contribution in [0.5, 0.6) is 0 Å². The van der Waals surface area contributed by atoms with Crippen molar-refractivity contribution in [2.45, 2.75) is 44.8 Å². The molecule has 32 heavy (non-hydrogen) atoms. The summed E-state index contributed by atoms with van der Waals surface area (Å²) < 4.78 is 5.42. The smallest absolute Gasteiger partial charge is 0.256 e. The topological polar surface area (TPSA) is 61.9 Å². The number of thiophene rings is 1. The number of carbonyl (C=O) groups excluding carboxylic acids is 2. The molecule has 0 aliphatic carbocycles. The number of rotatable bonds is 6. The highest BCUT2D eigenvalue weighted by atomic mass is 32.1. The summed E-state index contributed by atoms with van der Waals surface area (Å²) in [5, 5.41) is 4.77. The van der Waals surface area contributed by atoms with E-state index in [1.165, 1.54) is 16.0 Å². The first-order valence-electron chi connectivity index (χ1n) is 11.4. The van der Waals surface area contributed by atoms with Crippen molar-refractivity contribution >= 4 is 23.2 Å². The van der Waals surface area contributed by atoms with Crippen molar-refractivity contribution in [3.63, 3.8) is 0 Å². The average Bonchev–Trinajstić information content (AvgIpc) is 3.34. The SMILES string of the molecule is C=C1CC[C@H](N2Cc3c(csc3CCc3ccc(CN4CCOCC4)cc3)C2=O)C(=O)N1. The first-order valence-corrected chi connectivity index (χ1v) is 12.2. The fraction of sp³-hybridized carbons (Fsp3) is 0.440. The van der Waals surface area contributed by atoms with Gasteiger partial charge in [0.2, 0.25) is 5.91 Å². The van der Waals surface area contributed by atoms with Gasteiger partial charge in [-0.1, -0.05) is 30.8 Å². The number of benzene rings is 1. The van der Waals surface area contributed by atoms with Crippen LogP contribution in [0.15, 0.2) is 41.9 Å². The van der Waals surface area contributed by atoms with Crippen molar-refractivity contribution in [3.8, 4) is 0 Å².